The van der Waals surface area contributed by atoms with Crippen molar-refractivity contribution in [3.05, 3.63) is 0 Å². The van der Waals surface area contributed by atoms with Gasteiger partial charge in [-0.15, -0.1) is 0 Å². The summed E-state index contributed by atoms with van der Waals surface area (Å²) in [4.78, 5) is 49.4. The molecule has 3 atom stereocenters. The van der Waals surface area contributed by atoms with Crippen LogP contribution in [-0.2, 0) is 28.7 Å². The van der Waals surface area contributed by atoms with E-state index in [1.54, 1.807) is 13.8 Å². The first-order valence-electron chi connectivity index (χ1n) is 10.3. The molecule has 13 heteroatoms. The molecule has 1 heterocycles. The summed E-state index contributed by atoms with van der Waals surface area (Å²) in [5, 5.41) is 12.6. The van der Waals surface area contributed by atoms with Crippen LogP contribution >= 0.6 is 34.8 Å². The number of carbonyl (C=O) groups is 4. The minimum Gasteiger partial charge on any atom is -0.460 e. The van der Waals surface area contributed by atoms with Crippen molar-refractivity contribution < 1.29 is 33.8 Å². The maximum Gasteiger partial charge on any atom is 0.325 e. The zero-order valence-corrected chi connectivity index (χ0v) is 20.5. The van der Waals surface area contributed by atoms with E-state index in [1.165, 1.54) is 11.9 Å². The molecule has 0 aromatic heterocycles. The van der Waals surface area contributed by atoms with E-state index in [4.69, 9.17) is 49.4 Å². The molecule has 0 spiro atoms. The second kappa shape index (κ2) is 13.4. The van der Waals surface area contributed by atoms with Crippen LogP contribution in [-0.4, -0.2) is 75.6 Å². The van der Waals surface area contributed by atoms with Crippen molar-refractivity contribution in [2.24, 2.45) is 5.92 Å². The molecular weight excluding hydrogens is 489 g/mol. The molecule has 1 aliphatic heterocycles. The third kappa shape index (κ3) is 10.1. The molecule has 2 amide bonds. The van der Waals surface area contributed by atoms with Crippen LogP contribution in [0.3, 0.4) is 0 Å². The van der Waals surface area contributed by atoms with Crippen LogP contribution < -0.4 is 10.7 Å². The van der Waals surface area contributed by atoms with Crippen LogP contribution in [0.15, 0.2) is 0 Å². The molecular formula is C19H30Cl3N3O7. The predicted octanol–water partition coefficient (Wildman–Crippen LogP) is 1.24. The number of aliphatic hydroxyl groups excluding tert-OH is 1. The highest BCUT2D eigenvalue weighted by Gasteiger charge is 2.34. The second-order valence-electron chi connectivity index (χ2n) is 7.75. The lowest BCUT2D eigenvalue weighted by Gasteiger charge is -2.34. The van der Waals surface area contributed by atoms with Crippen LogP contribution in [0.4, 0.5) is 0 Å². The van der Waals surface area contributed by atoms with Gasteiger partial charge in [0.1, 0.15) is 18.7 Å². The minimum absolute atomic E-state index is 0.0189. The molecule has 1 saturated heterocycles. The van der Waals surface area contributed by atoms with E-state index in [0.29, 0.717) is 19.4 Å². The Morgan fingerprint density at radius 3 is 2.44 bits per heavy atom. The van der Waals surface area contributed by atoms with E-state index in [9.17, 15) is 19.2 Å². The fourth-order valence-electron chi connectivity index (χ4n) is 2.88. The Morgan fingerprint density at radius 1 is 1.22 bits per heavy atom. The number of halogens is 3. The molecule has 0 aromatic rings. The Kier molecular flexibility index (Phi) is 12.0. The van der Waals surface area contributed by atoms with Gasteiger partial charge >= 0.3 is 11.9 Å². The molecule has 1 aliphatic rings. The number of hydrogen-bond acceptors (Lipinski definition) is 8. The molecule has 1 rings (SSSR count). The third-order valence-electron chi connectivity index (χ3n) is 4.51. The SMILES string of the molecule is CC(C)[C@H](OC(=O)CCCO)C(=O)N[C@@H](C)C(=O)N1CCC[C@@H](C(=O)OCC(Cl)(Cl)Cl)N1. The molecule has 0 aliphatic carbocycles. The molecule has 0 saturated carbocycles. The van der Waals surface area contributed by atoms with E-state index in [-0.39, 0.29) is 25.4 Å². The van der Waals surface area contributed by atoms with Crippen LogP contribution in [0.25, 0.3) is 0 Å². The Labute approximate surface area is 202 Å². The summed E-state index contributed by atoms with van der Waals surface area (Å²) in [6.45, 7) is 4.61. The molecule has 0 radical (unpaired) electrons. The molecule has 0 unspecified atom stereocenters. The van der Waals surface area contributed by atoms with Crippen molar-refractivity contribution in [3.8, 4) is 0 Å². The Hall–Kier alpha value is -1.33. The second-order valence-corrected chi connectivity index (χ2v) is 10.3. The zero-order valence-electron chi connectivity index (χ0n) is 18.2. The lowest BCUT2D eigenvalue weighted by Crippen LogP contribution is -2.60. The summed E-state index contributed by atoms with van der Waals surface area (Å²) in [7, 11) is 0. The van der Waals surface area contributed by atoms with Crippen molar-refractivity contribution in [1.29, 1.82) is 0 Å². The maximum absolute atomic E-state index is 12.8. The number of ether oxygens (including phenoxy) is 2. The summed E-state index contributed by atoms with van der Waals surface area (Å²) in [5.41, 5.74) is 2.77. The van der Waals surface area contributed by atoms with Gasteiger partial charge in [0.15, 0.2) is 6.10 Å². The highest BCUT2D eigenvalue weighted by Crippen LogP contribution is 2.26. The van der Waals surface area contributed by atoms with Crippen LogP contribution in [0.1, 0.15) is 46.5 Å². The Bertz CT molecular complexity index is 673. The average molecular weight is 519 g/mol. The number of nitrogens with zero attached hydrogens (tertiary/aromatic N) is 1. The van der Waals surface area contributed by atoms with Gasteiger partial charge in [-0.05, 0) is 32.1 Å². The van der Waals surface area contributed by atoms with Crippen molar-refractivity contribution in [2.45, 2.75) is 68.4 Å². The van der Waals surface area contributed by atoms with Gasteiger partial charge in [0.2, 0.25) is 3.79 Å². The van der Waals surface area contributed by atoms with Gasteiger partial charge in [0.05, 0.1) is 0 Å². The normalized spacial score (nSPS) is 18.6. The number of esters is 2. The van der Waals surface area contributed by atoms with E-state index in [0.717, 1.165) is 0 Å². The Morgan fingerprint density at radius 2 is 1.88 bits per heavy atom. The fraction of sp³-hybridized carbons (Fsp3) is 0.789. The van der Waals surface area contributed by atoms with Gasteiger partial charge in [-0.1, -0.05) is 48.7 Å². The highest BCUT2D eigenvalue weighted by atomic mass is 35.6. The molecule has 184 valence electrons. The van der Waals surface area contributed by atoms with Gasteiger partial charge in [0.25, 0.3) is 11.8 Å². The fourth-order valence-corrected chi connectivity index (χ4v) is 3.04. The largest absolute Gasteiger partial charge is 0.460 e. The van der Waals surface area contributed by atoms with Crippen molar-refractivity contribution in [3.63, 3.8) is 0 Å². The average Bonchev–Trinajstić information content (AvgIpc) is 2.72. The monoisotopic (exact) mass is 517 g/mol. The van der Waals surface area contributed by atoms with Crippen LogP contribution in [0.2, 0.25) is 0 Å². The zero-order chi connectivity index (χ0) is 24.5. The summed E-state index contributed by atoms with van der Waals surface area (Å²) in [6.07, 6.45) is 0.0587. The van der Waals surface area contributed by atoms with Crippen molar-refractivity contribution in [1.82, 2.24) is 15.8 Å². The topological polar surface area (TPSA) is 134 Å². The first kappa shape index (κ1) is 28.7. The quantitative estimate of drug-likeness (QED) is 0.290. The van der Waals surface area contributed by atoms with Gasteiger partial charge in [-0.2, -0.15) is 0 Å². The summed E-state index contributed by atoms with van der Waals surface area (Å²) in [5.74, 6) is -2.71. The number of amides is 2. The van der Waals surface area contributed by atoms with Crippen molar-refractivity contribution in [2.75, 3.05) is 19.8 Å². The maximum atomic E-state index is 12.8. The Balaban J connectivity index is 2.66. The summed E-state index contributed by atoms with van der Waals surface area (Å²) in [6, 6.07) is -1.76. The van der Waals surface area contributed by atoms with Gasteiger partial charge in [0, 0.05) is 19.6 Å². The first-order chi connectivity index (χ1) is 14.9. The number of aliphatic hydroxyl groups is 1. The standard InChI is InChI=1S/C19H30Cl3N3O7/c1-11(2)15(32-14(27)7-5-9-26)16(28)23-12(3)17(29)25-8-4-6-13(24-25)18(30)31-10-19(20,21)22/h11-13,15,24,26H,4-10H2,1-3H3,(H,23,28)/t12-,13-,15-/m0/s1. The van der Waals surface area contributed by atoms with Crippen LogP contribution in [0.5, 0.6) is 0 Å². The number of nitrogens with one attached hydrogen (secondary N) is 2. The van der Waals surface area contributed by atoms with E-state index in [1.807, 2.05) is 0 Å². The molecule has 32 heavy (non-hydrogen) atoms. The van der Waals surface area contributed by atoms with E-state index in [2.05, 4.69) is 10.7 Å². The molecule has 0 aromatic carbocycles. The highest BCUT2D eigenvalue weighted by molar-refractivity contribution is 6.67. The van der Waals surface area contributed by atoms with E-state index < -0.39 is 52.3 Å². The first-order valence-corrected chi connectivity index (χ1v) is 11.4. The minimum atomic E-state index is -1.74. The molecule has 1 fully saturated rings. The lowest BCUT2D eigenvalue weighted by molar-refractivity contribution is -0.159. The van der Waals surface area contributed by atoms with Crippen molar-refractivity contribution >= 4 is 58.6 Å². The smallest absolute Gasteiger partial charge is 0.325 e. The van der Waals surface area contributed by atoms with Gasteiger partial charge < -0.3 is 19.9 Å². The number of hydrogen-bond donors (Lipinski definition) is 3. The lowest BCUT2D eigenvalue weighted by atomic mass is 10.1. The van der Waals surface area contributed by atoms with Gasteiger partial charge in [-0.3, -0.25) is 24.2 Å². The predicted molar refractivity (Wildman–Crippen MR) is 118 cm³/mol. The molecule has 0 bridgehead atoms. The summed E-state index contributed by atoms with van der Waals surface area (Å²) >= 11 is 16.7. The number of carbonyl (C=O) groups excluding carboxylic acids is 4. The molecule has 10 nitrogen and oxygen atoms in total. The van der Waals surface area contributed by atoms with Gasteiger partial charge in [-0.25, -0.2) is 5.43 Å². The number of hydrazine groups is 1. The van der Waals surface area contributed by atoms with E-state index >= 15 is 0 Å². The molecule has 3 N–H and O–H groups in total. The summed E-state index contributed by atoms with van der Waals surface area (Å²) < 4.78 is 8.42. The number of alkyl halides is 3. The third-order valence-corrected chi connectivity index (χ3v) is 4.83. The van der Waals surface area contributed by atoms with Crippen LogP contribution in [0, 0.1) is 5.92 Å². The number of rotatable bonds is 10.